The first kappa shape index (κ1) is 20.4. The minimum absolute atomic E-state index is 0.156. The Morgan fingerprint density at radius 2 is 1.90 bits per heavy atom. The summed E-state index contributed by atoms with van der Waals surface area (Å²) >= 11 is 0. The van der Waals surface area contributed by atoms with Crippen molar-refractivity contribution in [2.75, 3.05) is 11.4 Å². The summed E-state index contributed by atoms with van der Waals surface area (Å²) in [5, 5.41) is 14.0. The number of fused-ring (bicyclic) bond motifs is 1. The maximum Gasteiger partial charge on any atom is 0.419 e. The normalized spacial score (nSPS) is 14.9. The molecular formula is C20H19F5N4O. The van der Waals surface area contributed by atoms with E-state index in [0.29, 0.717) is 28.8 Å². The molecule has 0 amide bonds. The van der Waals surface area contributed by atoms with Gasteiger partial charge in [-0.25, -0.2) is 13.8 Å². The van der Waals surface area contributed by atoms with Crippen molar-refractivity contribution in [3.63, 3.8) is 0 Å². The smallest absolute Gasteiger partial charge is 0.419 e. The lowest BCUT2D eigenvalue weighted by Crippen LogP contribution is -2.40. The first-order valence-electron chi connectivity index (χ1n) is 9.51. The third-order valence-electron chi connectivity index (χ3n) is 5.61. The Morgan fingerprint density at radius 1 is 1.20 bits per heavy atom. The third kappa shape index (κ3) is 3.14. The van der Waals surface area contributed by atoms with Crippen molar-refractivity contribution < 1.29 is 27.1 Å². The zero-order valence-electron chi connectivity index (χ0n) is 16.3. The van der Waals surface area contributed by atoms with Gasteiger partial charge in [0.1, 0.15) is 11.5 Å². The molecule has 1 saturated carbocycles. The van der Waals surface area contributed by atoms with E-state index in [0.717, 1.165) is 25.8 Å². The average Bonchev–Trinajstić information content (AvgIpc) is 2.97. The topological polar surface area (TPSA) is 54.2 Å². The number of aryl methyl sites for hydroxylation is 1. The van der Waals surface area contributed by atoms with Crippen molar-refractivity contribution in [2.45, 2.75) is 38.4 Å². The van der Waals surface area contributed by atoms with Gasteiger partial charge in [-0.2, -0.15) is 18.3 Å². The highest BCUT2D eigenvalue weighted by atomic mass is 19.4. The molecule has 5 nitrogen and oxygen atoms in total. The lowest BCUT2D eigenvalue weighted by molar-refractivity contribution is -0.140. The standard InChI is InChI=1S/C20H19F5N4O/c1-3-29(10-5-4-6-10)15-8-14-12(9-26-15)18(27-28(14)2)11-7-13(20(23,24)25)17(22)19(30)16(11)21/h7-10,30H,3-6H2,1-2H3. The molecule has 4 rings (SSSR count). The van der Waals surface area contributed by atoms with Crippen LogP contribution in [0.1, 0.15) is 31.7 Å². The Morgan fingerprint density at radius 3 is 2.47 bits per heavy atom. The van der Waals surface area contributed by atoms with Crippen molar-refractivity contribution in [2.24, 2.45) is 7.05 Å². The summed E-state index contributed by atoms with van der Waals surface area (Å²) in [7, 11) is 1.57. The minimum Gasteiger partial charge on any atom is -0.503 e. The van der Waals surface area contributed by atoms with E-state index >= 15 is 0 Å². The molecular weight excluding hydrogens is 407 g/mol. The summed E-state index contributed by atoms with van der Waals surface area (Å²) in [4.78, 5) is 6.55. The Bertz CT molecular complexity index is 1120. The van der Waals surface area contributed by atoms with Crippen LogP contribution in [0.2, 0.25) is 0 Å². The quantitative estimate of drug-likeness (QED) is 0.596. The molecule has 2 aromatic heterocycles. The fraction of sp³-hybridized carbons (Fsp3) is 0.400. The molecule has 0 saturated heterocycles. The molecule has 2 heterocycles. The summed E-state index contributed by atoms with van der Waals surface area (Å²) in [6.45, 7) is 2.75. The summed E-state index contributed by atoms with van der Waals surface area (Å²) < 4.78 is 69.2. The maximum atomic E-state index is 14.5. The van der Waals surface area contributed by atoms with Crippen LogP contribution < -0.4 is 4.90 Å². The number of benzene rings is 1. The van der Waals surface area contributed by atoms with Gasteiger partial charge < -0.3 is 10.0 Å². The van der Waals surface area contributed by atoms with Crippen LogP contribution in [0.3, 0.4) is 0 Å². The van der Waals surface area contributed by atoms with Crippen LogP contribution in [-0.4, -0.2) is 32.5 Å². The van der Waals surface area contributed by atoms with Gasteiger partial charge in [0, 0.05) is 42.8 Å². The largest absolute Gasteiger partial charge is 0.503 e. The van der Waals surface area contributed by atoms with Crippen molar-refractivity contribution in [3.8, 4) is 17.0 Å². The van der Waals surface area contributed by atoms with E-state index in [1.54, 1.807) is 13.1 Å². The van der Waals surface area contributed by atoms with Gasteiger partial charge in [0.05, 0.1) is 11.1 Å². The van der Waals surface area contributed by atoms with Crippen LogP contribution in [0.15, 0.2) is 18.3 Å². The van der Waals surface area contributed by atoms with Crippen LogP contribution in [0, 0.1) is 11.6 Å². The van der Waals surface area contributed by atoms with E-state index < -0.39 is 34.7 Å². The fourth-order valence-electron chi connectivity index (χ4n) is 3.80. The van der Waals surface area contributed by atoms with Gasteiger partial charge in [-0.1, -0.05) is 0 Å². The summed E-state index contributed by atoms with van der Waals surface area (Å²) in [6, 6.07) is 2.46. The SMILES string of the molecule is CCN(c1cc2c(cn1)c(-c1cc(C(F)(F)F)c(F)c(O)c1F)nn2C)C1CCC1. The summed E-state index contributed by atoms with van der Waals surface area (Å²) in [6.07, 6.45) is -0.422. The number of aromatic hydroxyl groups is 1. The Labute approximate surface area is 168 Å². The third-order valence-corrected chi connectivity index (χ3v) is 5.61. The van der Waals surface area contributed by atoms with Crippen LogP contribution in [-0.2, 0) is 13.2 Å². The summed E-state index contributed by atoms with van der Waals surface area (Å²) in [5.74, 6) is -4.55. The molecule has 0 bridgehead atoms. The maximum absolute atomic E-state index is 14.5. The van der Waals surface area contributed by atoms with E-state index in [2.05, 4.69) is 15.0 Å². The van der Waals surface area contributed by atoms with Gasteiger partial charge in [0.15, 0.2) is 17.4 Å². The van der Waals surface area contributed by atoms with Crippen molar-refractivity contribution in [1.29, 1.82) is 0 Å². The number of aromatic nitrogens is 3. The molecule has 1 aliphatic rings. The van der Waals surface area contributed by atoms with Gasteiger partial charge in [-0.3, -0.25) is 4.68 Å². The van der Waals surface area contributed by atoms with Crippen molar-refractivity contribution in [3.05, 3.63) is 35.5 Å². The molecule has 0 aliphatic heterocycles. The molecule has 1 fully saturated rings. The number of rotatable bonds is 4. The number of hydrogen-bond donors (Lipinski definition) is 1. The lowest BCUT2D eigenvalue weighted by atomic mass is 9.91. The molecule has 0 unspecified atom stereocenters. The molecule has 3 aromatic rings. The molecule has 1 N–H and O–H groups in total. The first-order valence-corrected chi connectivity index (χ1v) is 9.51. The van der Waals surface area contributed by atoms with E-state index in [4.69, 9.17) is 0 Å². The number of phenols is 1. The molecule has 160 valence electrons. The predicted molar refractivity (Wildman–Crippen MR) is 101 cm³/mol. The number of halogens is 5. The van der Waals surface area contributed by atoms with Gasteiger partial charge in [-0.15, -0.1) is 0 Å². The minimum atomic E-state index is -5.11. The highest BCUT2D eigenvalue weighted by Gasteiger charge is 2.38. The second-order valence-electron chi connectivity index (χ2n) is 7.35. The van der Waals surface area contributed by atoms with Crippen molar-refractivity contribution in [1.82, 2.24) is 14.8 Å². The fourth-order valence-corrected chi connectivity index (χ4v) is 3.80. The van der Waals surface area contributed by atoms with Crippen LogP contribution in [0.4, 0.5) is 27.8 Å². The lowest BCUT2D eigenvalue weighted by Gasteiger charge is -2.37. The average molecular weight is 426 g/mol. The number of anilines is 1. The molecule has 0 atom stereocenters. The molecule has 0 spiro atoms. The van der Waals surface area contributed by atoms with E-state index in [1.807, 2.05) is 6.92 Å². The zero-order valence-corrected chi connectivity index (χ0v) is 16.3. The zero-order chi connectivity index (χ0) is 21.8. The van der Waals surface area contributed by atoms with Crippen LogP contribution in [0.5, 0.6) is 5.75 Å². The van der Waals surface area contributed by atoms with E-state index in [1.165, 1.54) is 10.9 Å². The molecule has 0 radical (unpaired) electrons. The van der Waals surface area contributed by atoms with Gasteiger partial charge in [0.2, 0.25) is 0 Å². The monoisotopic (exact) mass is 426 g/mol. The Hall–Kier alpha value is -2.91. The van der Waals surface area contributed by atoms with Gasteiger partial charge in [-0.05, 0) is 32.3 Å². The number of hydrogen-bond acceptors (Lipinski definition) is 4. The molecule has 30 heavy (non-hydrogen) atoms. The summed E-state index contributed by atoms with van der Waals surface area (Å²) in [5.41, 5.74) is -2.03. The van der Waals surface area contributed by atoms with Gasteiger partial charge in [0.25, 0.3) is 0 Å². The van der Waals surface area contributed by atoms with Crippen molar-refractivity contribution >= 4 is 16.7 Å². The number of pyridine rings is 1. The number of phenolic OH excluding ortho intramolecular Hbond substituents is 1. The molecule has 1 aromatic carbocycles. The second kappa shape index (κ2) is 7.10. The second-order valence-corrected chi connectivity index (χ2v) is 7.35. The molecule has 1 aliphatic carbocycles. The van der Waals surface area contributed by atoms with Crippen LogP contribution in [0.25, 0.3) is 22.2 Å². The van der Waals surface area contributed by atoms with E-state index in [-0.39, 0.29) is 5.69 Å². The van der Waals surface area contributed by atoms with Gasteiger partial charge >= 0.3 is 6.18 Å². The highest BCUT2D eigenvalue weighted by molar-refractivity contribution is 5.94. The highest BCUT2D eigenvalue weighted by Crippen LogP contribution is 2.42. The Kier molecular flexibility index (Phi) is 4.82. The number of alkyl halides is 3. The first-order chi connectivity index (χ1) is 14.1. The Balaban J connectivity index is 1.88. The molecule has 10 heteroatoms. The van der Waals surface area contributed by atoms with E-state index in [9.17, 15) is 27.1 Å². The number of nitrogens with zero attached hydrogens (tertiary/aromatic N) is 4. The predicted octanol–water partition coefficient (Wildman–Crippen LogP) is 5.02. The van der Waals surface area contributed by atoms with Crippen LogP contribution >= 0.6 is 0 Å².